The van der Waals surface area contributed by atoms with Crippen LogP contribution in [0.3, 0.4) is 0 Å². The zero-order valence-corrected chi connectivity index (χ0v) is 15.2. The molecule has 0 bridgehead atoms. The van der Waals surface area contributed by atoms with E-state index < -0.39 is 13.2 Å². The van der Waals surface area contributed by atoms with Gasteiger partial charge in [0, 0.05) is 0 Å². The van der Waals surface area contributed by atoms with Crippen molar-refractivity contribution in [2.45, 2.75) is 75.1 Å². The van der Waals surface area contributed by atoms with Crippen LogP contribution < -0.4 is 0 Å². The lowest BCUT2D eigenvalue weighted by Crippen LogP contribution is -2.01. The summed E-state index contributed by atoms with van der Waals surface area (Å²) >= 11 is 0.633. The van der Waals surface area contributed by atoms with Crippen LogP contribution in [0.5, 0.6) is 0 Å². The van der Waals surface area contributed by atoms with Crippen LogP contribution in [-0.4, -0.2) is 29.5 Å². The van der Waals surface area contributed by atoms with Gasteiger partial charge in [0.15, 0.2) is 0 Å². The van der Waals surface area contributed by atoms with Crippen LogP contribution in [0.15, 0.2) is 0 Å². The molecule has 0 N–H and O–H groups in total. The first-order chi connectivity index (χ1) is 7.22. The van der Waals surface area contributed by atoms with E-state index >= 15 is 0 Å². The molecule has 90 valence electrons. The molecule has 0 aromatic rings. The number of halogens is 1. The van der Waals surface area contributed by atoms with Crippen LogP contribution in [0.25, 0.3) is 0 Å². The molecule has 0 aliphatic heterocycles. The Morgan fingerprint density at radius 2 is 1.27 bits per heavy atom. The topological polar surface area (TPSA) is 0 Å². The molecule has 0 aliphatic carbocycles. The average molecular weight is 263 g/mol. The van der Waals surface area contributed by atoms with Crippen LogP contribution >= 0.6 is 10.0 Å². The Morgan fingerprint density at radius 1 is 0.867 bits per heavy atom. The Bertz CT molecular complexity index is 89.6. The monoisotopic (exact) mass is 262 g/mol. The molecule has 0 aromatic carbocycles. The van der Waals surface area contributed by atoms with Gasteiger partial charge in [-0.15, -0.1) is 5.28 Å². The van der Waals surface area contributed by atoms with Gasteiger partial charge >= 0.3 is 13.2 Å². The van der Waals surface area contributed by atoms with E-state index in [2.05, 4.69) is 20.8 Å². The van der Waals surface area contributed by atoms with Crippen molar-refractivity contribution in [3.63, 3.8) is 0 Å². The van der Waals surface area contributed by atoms with Crippen molar-refractivity contribution in [3.05, 3.63) is 0 Å². The maximum Gasteiger partial charge on any atom is 0.399 e. The minimum absolute atomic E-state index is 0.765. The summed E-state index contributed by atoms with van der Waals surface area (Å²) in [5, 5.41) is 4.17. The zero-order valence-electron chi connectivity index (χ0n) is 11.3. The molecule has 0 nitrogen and oxygen atoms in total. The van der Waals surface area contributed by atoms with E-state index in [1.807, 2.05) is 0 Å². The minimum atomic E-state index is -0.765. The second-order valence-electron chi connectivity index (χ2n) is 4.24. The molecule has 15 heavy (non-hydrogen) atoms. The molecular weight excluding hydrogens is 234 g/mol. The predicted octanol–water partition coefficient (Wildman–Crippen LogP) is 4.65. The molecule has 0 unspecified atom stereocenters. The van der Waals surface area contributed by atoms with Crippen LogP contribution in [-0.2, 0) is 0 Å². The number of rotatable bonds is 8. The first-order valence-electron chi connectivity index (χ1n) is 6.86. The third-order valence-electron chi connectivity index (χ3n) is 2.45. The summed E-state index contributed by atoms with van der Waals surface area (Å²) in [5.41, 5.74) is 0. The lowest BCUT2D eigenvalue weighted by atomic mass is 10.4. The fraction of sp³-hybridized carbons (Fsp3) is 1.00. The molecule has 0 fully saturated rings. The molecule has 0 saturated heterocycles. The Kier molecular flexibility index (Phi) is 22.1. The summed E-state index contributed by atoms with van der Waals surface area (Å²) in [6.45, 7) is 6.70. The molecule has 0 aliphatic rings. The number of hydrogen-bond acceptors (Lipinski definition) is 0. The van der Waals surface area contributed by atoms with E-state index in [0.29, 0.717) is 0 Å². The third kappa shape index (κ3) is 21.2. The fourth-order valence-electron chi connectivity index (χ4n) is 1.35. The summed E-state index contributed by atoms with van der Waals surface area (Å²) in [6, 6.07) is 0. The highest BCUT2D eigenvalue weighted by molar-refractivity contribution is 7.06. The Hall–Kier alpha value is 1.35. The smallest absolute Gasteiger partial charge is 0.261 e. The molecule has 0 heterocycles. The maximum absolute atomic E-state index is 6.18. The van der Waals surface area contributed by atoms with E-state index in [-0.39, 0.29) is 0 Å². The summed E-state index contributed by atoms with van der Waals surface area (Å²) < 4.78 is 0. The first kappa shape index (κ1) is 18.7. The second kappa shape index (κ2) is 17.7. The van der Waals surface area contributed by atoms with E-state index in [4.69, 9.17) is 10.0 Å². The molecule has 0 spiro atoms. The fourth-order valence-corrected chi connectivity index (χ4v) is 4.97. The standard InChI is InChI=1S/3C4H9.2Al.ClH.2H/c3*1-3-4-2;;;;;/h3*1,3-4H2,2H3;;;1H;;/q;;;;+1;;;/p-1. The lowest BCUT2D eigenvalue weighted by molar-refractivity contribution is 0.848. The van der Waals surface area contributed by atoms with E-state index in [9.17, 15) is 0 Å². The minimum Gasteiger partial charge on any atom is -0.261 e. The normalized spacial score (nSPS) is 9.33. The Labute approximate surface area is 114 Å². The quantitative estimate of drug-likeness (QED) is 0.559. The average Bonchev–Trinajstić information content (AvgIpc) is 2.25. The predicted molar refractivity (Wildman–Crippen MR) is 79.3 cm³/mol. The first-order valence-corrected chi connectivity index (χ1v) is 11.7. The molecule has 0 amide bonds. The van der Waals surface area contributed by atoms with Gasteiger partial charge in [-0.25, -0.2) is 0 Å². The summed E-state index contributed by atoms with van der Waals surface area (Å²) in [4.78, 5) is 0. The van der Waals surface area contributed by atoms with Gasteiger partial charge in [0.05, 0.1) is 0 Å². The molecule has 0 radical (unpaired) electrons. The molecule has 0 saturated carbocycles. The molecular formula is C12H29Al2Cl. The molecule has 0 atom stereocenters. The summed E-state index contributed by atoms with van der Waals surface area (Å²) in [6.07, 6.45) is 8.15. The van der Waals surface area contributed by atoms with Crippen molar-refractivity contribution >= 4 is 39.6 Å². The Morgan fingerprint density at radius 3 is 1.47 bits per heavy atom. The van der Waals surface area contributed by atoms with Gasteiger partial charge in [-0.3, -0.25) is 10.0 Å². The third-order valence-corrected chi connectivity index (χ3v) is 6.53. The van der Waals surface area contributed by atoms with Gasteiger partial charge in [-0.05, 0) is 0 Å². The van der Waals surface area contributed by atoms with Crippen molar-refractivity contribution in [2.24, 2.45) is 0 Å². The highest BCUT2D eigenvalue weighted by atomic mass is 35.6. The summed E-state index contributed by atoms with van der Waals surface area (Å²) in [5.74, 6) is 0. The van der Waals surface area contributed by atoms with Crippen molar-refractivity contribution in [2.75, 3.05) is 0 Å². The van der Waals surface area contributed by atoms with Crippen molar-refractivity contribution in [3.8, 4) is 0 Å². The van der Waals surface area contributed by atoms with Crippen LogP contribution in [0, 0.1) is 0 Å². The maximum atomic E-state index is 6.18. The van der Waals surface area contributed by atoms with Gasteiger partial charge in [-0.1, -0.05) is 69.9 Å². The largest absolute Gasteiger partial charge is 0.399 e. The Balaban J connectivity index is 0. The summed E-state index contributed by atoms with van der Waals surface area (Å²) in [7, 11) is 6.18. The molecule has 0 aromatic heterocycles. The van der Waals surface area contributed by atoms with E-state index in [1.54, 1.807) is 0 Å². The van der Waals surface area contributed by atoms with Gasteiger partial charge in [0.25, 0.3) is 0 Å². The second-order valence-corrected chi connectivity index (χ2v) is 9.44. The van der Waals surface area contributed by atoms with E-state index in [0.717, 1.165) is 0 Å². The van der Waals surface area contributed by atoms with Crippen LogP contribution in [0.1, 0.15) is 59.3 Å². The van der Waals surface area contributed by atoms with Crippen molar-refractivity contribution in [1.29, 1.82) is 0 Å². The van der Waals surface area contributed by atoms with Gasteiger partial charge in [-0.2, -0.15) is 0 Å². The zero-order chi connectivity index (χ0) is 11.9. The number of hydrogen-bond donors (Lipinski definition) is 0. The van der Waals surface area contributed by atoms with Crippen LogP contribution in [0.4, 0.5) is 0 Å². The SMILES string of the molecule is CCC[CH2][AlH2].CCC[CH2][Al]([Cl])[CH2]CCC. The van der Waals surface area contributed by atoms with Gasteiger partial charge in [0.2, 0.25) is 16.3 Å². The van der Waals surface area contributed by atoms with Crippen LogP contribution in [0.2, 0.25) is 15.8 Å². The van der Waals surface area contributed by atoms with Gasteiger partial charge in [0.1, 0.15) is 0 Å². The highest BCUT2D eigenvalue weighted by Gasteiger charge is 2.11. The molecule has 0 rings (SSSR count). The lowest BCUT2D eigenvalue weighted by Gasteiger charge is -1.99. The molecule has 3 heteroatoms. The number of unbranched alkanes of at least 4 members (excludes halogenated alkanes) is 3. The van der Waals surface area contributed by atoms with Crippen molar-refractivity contribution in [1.82, 2.24) is 0 Å². The highest BCUT2D eigenvalue weighted by Crippen LogP contribution is 2.12. The van der Waals surface area contributed by atoms with Crippen molar-refractivity contribution < 1.29 is 0 Å². The van der Waals surface area contributed by atoms with E-state index in [1.165, 1.54) is 70.7 Å². The van der Waals surface area contributed by atoms with Gasteiger partial charge < -0.3 is 0 Å².